The zero-order valence-electron chi connectivity index (χ0n) is 51.2. The van der Waals surface area contributed by atoms with Crippen LogP contribution in [-0.2, 0) is 14.3 Å². The van der Waals surface area contributed by atoms with E-state index in [0.29, 0.717) is 19.3 Å². The summed E-state index contributed by atoms with van der Waals surface area (Å²) in [4.78, 5) is 13.2. The van der Waals surface area contributed by atoms with Crippen LogP contribution in [0.25, 0.3) is 0 Å². The smallest absolute Gasteiger partial charge is 0.249 e. The Kier molecular flexibility index (Phi) is 54.1. The lowest BCUT2D eigenvalue weighted by molar-refractivity contribution is -0.303. The summed E-state index contributed by atoms with van der Waals surface area (Å²) < 4.78 is 11.2. The van der Waals surface area contributed by atoms with Gasteiger partial charge in [0.1, 0.15) is 36.6 Å². The first-order valence-corrected chi connectivity index (χ1v) is 34.1. The van der Waals surface area contributed by atoms with Crippen molar-refractivity contribution in [3.63, 3.8) is 0 Å². The van der Waals surface area contributed by atoms with Crippen LogP contribution in [0.1, 0.15) is 341 Å². The van der Waals surface area contributed by atoms with Gasteiger partial charge < -0.3 is 50.5 Å². The van der Waals surface area contributed by atoms with E-state index in [0.717, 1.165) is 38.5 Å². The van der Waals surface area contributed by atoms with Crippen LogP contribution in [0, 0.1) is 0 Å². The monoisotopic (exact) mass is 1110 g/mol. The van der Waals surface area contributed by atoms with Crippen LogP contribution in [0.15, 0.2) is 12.2 Å². The number of amides is 1. The Labute approximate surface area is 481 Å². The lowest BCUT2D eigenvalue weighted by Gasteiger charge is -2.40. The topological polar surface area (TPSA) is 189 Å². The summed E-state index contributed by atoms with van der Waals surface area (Å²) in [5, 5.41) is 76.5. The molecular formula is C67H131NO10. The molecule has 0 spiro atoms. The van der Waals surface area contributed by atoms with Crippen LogP contribution >= 0.6 is 0 Å². The summed E-state index contributed by atoms with van der Waals surface area (Å²) in [6.07, 6.45) is 57.1. The number of allylic oxidation sites excluding steroid dienone is 2. The minimum atomic E-state index is -1.66. The number of nitrogens with one attached hydrogen (secondary N) is 1. The second kappa shape index (κ2) is 56.3. The Hall–Kier alpha value is -1.15. The van der Waals surface area contributed by atoms with Gasteiger partial charge in [0.25, 0.3) is 0 Å². The molecule has 11 heteroatoms. The molecule has 1 amide bonds. The molecule has 1 heterocycles. The molecule has 0 aliphatic carbocycles. The molecule has 1 rings (SSSR count). The Morgan fingerprint density at radius 1 is 0.436 bits per heavy atom. The van der Waals surface area contributed by atoms with E-state index >= 15 is 0 Å². The first-order valence-electron chi connectivity index (χ1n) is 34.1. The number of aliphatic hydroxyl groups is 7. The van der Waals surface area contributed by atoms with Gasteiger partial charge in [-0.3, -0.25) is 4.79 Å². The lowest BCUT2D eigenvalue weighted by atomic mass is 9.98. The fourth-order valence-corrected chi connectivity index (χ4v) is 11.3. The highest BCUT2D eigenvalue weighted by Crippen LogP contribution is 2.24. The van der Waals surface area contributed by atoms with E-state index in [1.807, 2.05) is 0 Å². The van der Waals surface area contributed by atoms with Gasteiger partial charge in [-0.15, -0.1) is 0 Å². The van der Waals surface area contributed by atoms with Gasteiger partial charge in [0.15, 0.2) is 6.29 Å². The van der Waals surface area contributed by atoms with Gasteiger partial charge in [-0.2, -0.15) is 0 Å². The van der Waals surface area contributed by atoms with Crippen LogP contribution in [-0.4, -0.2) is 110 Å². The molecule has 78 heavy (non-hydrogen) atoms. The van der Waals surface area contributed by atoms with Crippen LogP contribution in [0.4, 0.5) is 0 Å². The molecular weight excluding hydrogens is 979 g/mol. The second-order valence-electron chi connectivity index (χ2n) is 24.3. The third-order valence-corrected chi connectivity index (χ3v) is 16.8. The molecule has 0 aromatic rings. The molecule has 1 saturated heterocycles. The maximum atomic E-state index is 13.2. The van der Waals surface area contributed by atoms with Crippen LogP contribution in [0.3, 0.4) is 0 Å². The van der Waals surface area contributed by atoms with Gasteiger partial charge in [-0.05, 0) is 38.5 Å². The third-order valence-electron chi connectivity index (χ3n) is 16.8. The molecule has 11 nitrogen and oxygen atoms in total. The maximum Gasteiger partial charge on any atom is 0.249 e. The van der Waals surface area contributed by atoms with Crippen molar-refractivity contribution in [3.8, 4) is 0 Å². The van der Waals surface area contributed by atoms with E-state index in [1.165, 1.54) is 263 Å². The number of hydrogen-bond donors (Lipinski definition) is 8. The fraction of sp³-hybridized carbons (Fsp3) is 0.955. The standard InChI is InChI=1S/C67H131NO10/c1-3-5-7-9-11-13-15-17-19-21-23-25-27-28-29-30-31-32-33-35-37-39-41-43-45-47-49-51-53-55-60(71)66(76)68-58(57-77-67-65(75)64(74)63(73)61(56-69)78-67)62(72)59(70)54-52-50-48-46-44-42-40-38-36-34-26-24-22-20-18-16-14-12-10-8-6-4-2/h28-29,58-65,67,69-75H,3-27,30-57H2,1-2H3,(H,68,76)/b29-28-. The van der Waals surface area contributed by atoms with Crippen molar-refractivity contribution in [2.75, 3.05) is 13.2 Å². The van der Waals surface area contributed by atoms with Crippen molar-refractivity contribution in [2.24, 2.45) is 0 Å². The van der Waals surface area contributed by atoms with Gasteiger partial charge in [-0.1, -0.05) is 315 Å². The highest BCUT2D eigenvalue weighted by atomic mass is 16.7. The van der Waals surface area contributed by atoms with Crippen molar-refractivity contribution >= 4 is 5.91 Å². The first-order chi connectivity index (χ1) is 38.2. The summed E-state index contributed by atoms with van der Waals surface area (Å²) in [5.41, 5.74) is 0. The normalized spacial score (nSPS) is 19.4. The Morgan fingerprint density at radius 2 is 0.744 bits per heavy atom. The Morgan fingerprint density at radius 3 is 1.08 bits per heavy atom. The van der Waals surface area contributed by atoms with Gasteiger partial charge in [-0.25, -0.2) is 0 Å². The fourth-order valence-electron chi connectivity index (χ4n) is 11.3. The van der Waals surface area contributed by atoms with Crippen molar-refractivity contribution in [1.82, 2.24) is 5.32 Å². The van der Waals surface area contributed by atoms with Crippen LogP contribution in [0.5, 0.6) is 0 Å². The van der Waals surface area contributed by atoms with Gasteiger partial charge in [0, 0.05) is 0 Å². The van der Waals surface area contributed by atoms with E-state index < -0.39 is 74.2 Å². The zero-order chi connectivity index (χ0) is 56.8. The SMILES string of the molecule is CCCCCCCCCCCCCC/C=C\CCCCCCCCCCCCCCCC(O)C(=O)NC(COC1OC(CO)C(O)C(O)C1O)C(O)C(O)CCCCCCCCCCCCCCCCCCCCCCCC. The van der Waals surface area contributed by atoms with Crippen molar-refractivity contribution < 1.29 is 50.0 Å². The van der Waals surface area contributed by atoms with Gasteiger partial charge >= 0.3 is 0 Å². The summed E-state index contributed by atoms with van der Waals surface area (Å²) >= 11 is 0. The van der Waals surface area contributed by atoms with E-state index in [4.69, 9.17) is 9.47 Å². The summed E-state index contributed by atoms with van der Waals surface area (Å²) in [6.45, 7) is 3.52. The van der Waals surface area contributed by atoms with Crippen LogP contribution in [0.2, 0.25) is 0 Å². The third kappa shape index (κ3) is 43.5. The minimum absolute atomic E-state index is 0.264. The number of aliphatic hydroxyl groups excluding tert-OH is 7. The van der Waals surface area contributed by atoms with E-state index in [2.05, 4.69) is 31.3 Å². The number of carbonyl (C=O) groups excluding carboxylic acids is 1. The van der Waals surface area contributed by atoms with E-state index in [9.17, 15) is 40.5 Å². The average molecular weight is 1110 g/mol. The number of rotatable bonds is 60. The molecule has 0 saturated carbocycles. The number of hydrogen-bond acceptors (Lipinski definition) is 10. The molecule has 9 atom stereocenters. The molecule has 0 aromatic carbocycles. The number of unbranched alkanes of at least 4 members (excludes halogenated alkanes) is 46. The van der Waals surface area contributed by atoms with Crippen LogP contribution < -0.4 is 5.32 Å². The molecule has 0 bridgehead atoms. The summed E-state index contributed by atoms with van der Waals surface area (Å²) in [7, 11) is 0. The van der Waals surface area contributed by atoms with Gasteiger partial charge in [0.05, 0.1) is 25.4 Å². The Balaban J connectivity index is 2.21. The zero-order valence-corrected chi connectivity index (χ0v) is 51.2. The first kappa shape index (κ1) is 74.9. The summed E-state index contributed by atoms with van der Waals surface area (Å²) in [6, 6.07) is -1.17. The predicted octanol–water partition coefficient (Wildman–Crippen LogP) is 15.9. The minimum Gasteiger partial charge on any atom is -0.394 e. The molecule has 1 aliphatic rings. The van der Waals surface area contributed by atoms with Crippen molar-refractivity contribution in [1.29, 1.82) is 0 Å². The quantitative estimate of drug-likeness (QED) is 0.0215. The second-order valence-corrected chi connectivity index (χ2v) is 24.3. The molecule has 1 aliphatic heterocycles. The Bertz CT molecular complexity index is 1270. The highest BCUT2D eigenvalue weighted by Gasteiger charge is 2.44. The maximum absolute atomic E-state index is 13.2. The van der Waals surface area contributed by atoms with Gasteiger partial charge in [0.2, 0.25) is 5.91 Å². The molecule has 0 radical (unpaired) electrons. The molecule has 1 fully saturated rings. The van der Waals surface area contributed by atoms with E-state index in [1.54, 1.807) is 0 Å². The highest BCUT2D eigenvalue weighted by molar-refractivity contribution is 5.80. The van der Waals surface area contributed by atoms with Crippen molar-refractivity contribution in [2.45, 2.75) is 396 Å². The number of ether oxygens (including phenoxy) is 2. The molecule has 9 unspecified atom stereocenters. The van der Waals surface area contributed by atoms with Crippen molar-refractivity contribution in [3.05, 3.63) is 12.2 Å². The molecule has 0 aromatic heterocycles. The molecule has 464 valence electrons. The number of carbonyl (C=O) groups is 1. The predicted molar refractivity (Wildman–Crippen MR) is 326 cm³/mol. The summed E-state index contributed by atoms with van der Waals surface area (Å²) in [5.74, 6) is -0.690. The average Bonchev–Trinajstić information content (AvgIpc) is 3.46. The molecule has 8 N–H and O–H groups in total. The largest absolute Gasteiger partial charge is 0.394 e. The van der Waals surface area contributed by atoms with E-state index in [-0.39, 0.29) is 6.42 Å². The lowest BCUT2D eigenvalue weighted by Crippen LogP contribution is -2.60.